The van der Waals surface area contributed by atoms with Crippen molar-refractivity contribution in [2.24, 2.45) is 0 Å². The van der Waals surface area contributed by atoms with Gasteiger partial charge >= 0.3 is 5.69 Å². The van der Waals surface area contributed by atoms with E-state index >= 15 is 0 Å². The van der Waals surface area contributed by atoms with Crippen LogP contribution in [-0.2, 0) is 0 Å². The second-order valence-electron chi connectivity index (χ2n) is 4.74. The number of nitro groups is 1. The Hall–Kier alpha value is -2.00. The van der Waals surface area contributed by atoms with E-state index in [-0.39, 0.29) is 12.3 Å². The Morgan fingerprint density at radius 2 is 2.14 bits per heavy atom. The van der Waals surface area contributed by atoms with Crippen LogP contribution in [0.2, 0.25) is 0 Å². The lowest BCUT2D eigenvalue weighted by atomic mass is 10.3. The van der Waals surface area contributed by atoms with Crippen LogP contribution in [0.25, 0.3) is 0 Å². The molecule has 1 saturated heterocycles. The zero-order valence-electron chi connectivity index (χ0n) is 12.0. The number of nitrogens with one attached hydrogen (secondary N) is 1. The molecule has 1 aliphatic rings. The van der Waals surface area contributed by atoms with Crippen molar-refractivity contribution in [2.75, 3.05) is 56.1 Å². The lowest BCUT2D eigenvalue weighted by Crippen LogP contribution is -2.47. The summed E-state index contributed by atoms with van der Waals surface area (Å²) < 4.78 is 0. The zero-order valence-corrected chi connectivity index (χ0v) is 12.0. The fourth-order valence-electron chi connectivity index (χ4n) is 2.30. The SMILES string of the molecule is CCNc1ncc([N+](=O)[O-])c(N2CCN(CCO)CC2)n1. The van der Waals surface area contributed by atoms with Crippen LogP contribution < -0.4 is 10.2 Å². The van der Waals surface area contributed by atoms with Gasteiger partial charge in [-0.2, -0.15) is 4.98 Å². The number of aromatic nitrogens is 2. The van der Waals surface area contributed by atoms with Crippen molar-refractivity contribution >= 4 is 17.5 Å². The Labute approximate surface area is 122 Å². The molecule has 21 heavy (non-hydrogen) atoms. The van der Waals surface area contributed by atoms with Crippen molar-refractivity contribution in [3.63, 3.8) is 0 Å². The molecule has 0 aromatic carbocycles. The number of β-amino-alcohol motifs (C(OH)–C–C–N with tert-alkyl or cyclic N) is 1. The summed E-state index contributed by atoms with van der Waals surface area (Å²) in [5, 5.41) is 23.0. The van der Waals surface area contributed by atoms with E-state index in [2.05, 4.69) is 20.2 Å². The van der Waals surface area contributed by atoms with E-state index in [1.54, 1.807) is 0 Å². The summed E-state index contributed by atoms with van der Waals surface area (Å²) in [6.45, 7) is 6.10. The average molecular weight is 296 g/mol. The second kappa shape index (κ2) is 7.14. The van der Waals surface area contributed by atoms with Gasteiger partial charge in [-0.1, -0.05) is 0 Å². The summed E-state index contributed by atoms with van der Waals surface area (Å²) in [6, 6.07) is 0. The third-order valence-corrected chi connectivity index (χ3v) is 3.37. The summed E-state index contributed by atoms with van der Waals surface area (Å²) >= 11 is 0. The van der Waals surface area contributed by atoms with E-state index in [9.17, 15) is 10.1 Å². The zero-order chi connectivity index (χ0) is 15.2. The quantitative estimate of drug-likeness (QED) is 0.555. The molecule has 0 saturated carbocycles. The number of hydrogen-bond acceptors (Lipinski definition) is 8. The van der Waals surface area contributed by atoms with Crippen molar-refractivity contribution in [3.8, 4) is 0 Å². The van der Waals surface area contributed by atoms with Gasteiger partial charge in [0.1, 0.15) is 6.20 Å². The Morgan fingerprint density at radius 3 is 2.71 bits per heavy atom. The third-order valence-electron chi connectivity index (χ3n) is 3.37. The fraction of sp³-hybridized carbons (Fsp3) is 0.667. The van der Waals surface area contributed by atoms with E-state index in [1.165, 1.54) is 6.20 Å². The number of rotatable bonds is 6. The molecule has 0 aliphatic carbocycles. The van der Waals surface area contributed by atoms with E-state index < -0.39 is 4.92 Å². The number of aliphatic hydroxyl groups excluding tert-OH is 1. The maximum atomic E-state index is 11.1. The van der Waals surface area contributed by atoms with E-state index in [1.807, 2.05) is 11.8 Å². The van der Waals surface area contributed by atoms with Gasteiger partial charge in [-0.15, -0.1) is 0 Å². The second-order valence-corrected chi connectivity index (χ2v) is 4.74. The molecule has 1 fully saturated rings. The molecule has 1 aliphatic heterocycles. The van der Waals surface area contributed by atoms with Gasteiger partial charge in [0.25, 0.3) is 0 Å². The normalized spacial score (nSPS) is 16.0. The Kier molecular flexibility index (Phi) is 5.23. The average Bonchev–Trinajstić information content (AvgIpc) is 2.48. The first-order chi connectivity index (χ1) is 10.2. The molecule has 9 nitrogen and oxygen atoms in total. The van der Waals surface area contributed by atoms with E-state index in [4.69, 9.17) is 5.11 Å². The number of hydrogen-bond donors (Lipinski definition) is 2. The van der Waals surface area contributed by atoms with Gasteiger partial charge in [0, 0.05) is 39.3 Å². The Bertz CT molecular complexity index is 490. The van der Waals surface area contributed by atoms with Crippen LogP contribution in [0.3, 0.4) is 0 Å². The van der Waals surface area contributed by atoms with Crippen LogP contribution in [0, 0.1) is 10.1 Å². The first-order valence-electron chi connectivity index (χ1n) is 6.99. The van der Waals surface area contributed by atoms with E-state index in [0.29, 0.717) is 37.9 Å². The lowest BCUT2D eigenvalue weighted by molar-refractivity contribution is -0.384. The van der Waals surface area contributed by atoms with Gasteiger partial charge in [0.05, 0.1) is 11.5 Å². The highest BCUT2D eigenvalue weighted by atomic mass is 16.6. The Balaban J connectivity index is 2.17. The first-order valence-corrected chi connectivity index (χ1v) is 6.99. The maximum Gasteiger partial charge on any atom is 0.329 e. The minimum atomic E-state index is -0.453. The summed E-state index contributed by atoms with van der Waals surface area (Å²) in [5.74, 6) is 0.755. The lowest BCUT2D eigenvalue weighted by Gasteiger charge is -2.34. The summed E-state index contributed by atoms with van der Waals surface area (Å²) in [7, 11) is 0. The molecule has 0 bridgehead atoms. The van der Waals surface area contributed by atoms with Crippen LogP contribution >= 0.6 is 0 Å². The van der Waals surface area contributed by atoms with Gasteiger partial charge in [-0.25, -0.2) is 4.98 Å². The van der Waals surface area contributed by atoms with Crippen LogP contribution in [0.5, 0.6) is 0 Å². The molecule has 1 aromatic rings. The van der Waals surface area contributed by atoms with Crippen LogP contribution in [0.15, 0.2) is 6.20 Å². The molecule has 2 heterocycles. The molecule has 9 heteroatoms. The van der Waals surface area contributed by atoms with Crippen molar-refractivity contribution in [1.29, 1.82) is 0 Å². The molecule has 0 unspecified atom stereocenters. The predicted molar refractivity (Wildman–Crippen MR) is 78.6 cm³/mol. The molecule has 0 spiro atoms. The molecular formula is C12H20N6O3. The van der Waals surface area contributed by atoms with Gasteiger partial charge in [0.15, 0.2) is 0 Å². The summed E-state index contributed by atoms with van der Waals surface area (Å²) in [5.41, 5.74) is -0.0766. The number of nitrogens with zero attached hydrogens (tertiary/aromatic N) is 5. The van der Waals surface area contributed by atoms with Crippen molar-refractivity contribution < 1.29 is 10.0 Å². The van der Waals surface area contributed by atoms with Gasteiger partial charge < -0.3 is 15.3 Å². The highest BCUT2D eigenvalue weighted by Gasteiger charge is 2.26. The van der Waals surface area contributed by atoms with Crippen molar-refractivity contribution in [2.45, 2.75) is 6.92 Å². The largest absolute Gasteiger partial charge is 0.395 e. The molecular weight excluding hydrogens is 276 g/mol. The highest BCUT2D eigenvalue weighted by Crippen LogP contribution is 2.26. The topological polar surface area (TPSA) is 108 Å². The molecule has 1 aromatic heterocycles. The number of anilines is 2. The van der Waals surface area contributed by atoms with Crippen molar-refractivity contribution in [1.82, 2.24) is 14.9 Å². The Morgan fingerprint density at radius 1 is 1.43 bits per heavy atom. The predicted octanol–water partition coefficient (Wildman–Crippen LogP) is -0.0691. The van der Waals surface area contributed by atoms with Crippen LogP contribution in [-0.4, -0.2) is 70.8 Å². The molecule has 0 atom stereocenters. The molecule has 2 rings (SSSR count). The minimum Gasteiger partial charge on any atom is -0.395 e. The van der Waals surface area contributed by atoms with Gasteiger partial charge in [0.2, 0.25) is 11.8 Å². The fourth-order valence-corrected chi connectivity index (χ4v) is 2.30. The van der Waals surface area contributed by atoms with Crippen LogP contribution in [0.1, 0.15) is 6.92 Å². The highest BCUT2D eigenvalue weighted by molar-refractivity contribution is 5.59. The maximum absolute atomic E-state index is 11.1. The third kappa shape index (κ3) is 3.76. The monoisotopic (exact) mass is 296 g/mol. The van der Waals surface area contributed by atoms with E-state index in [0.717, 1.165) is 13.1 Å². The van der Waals surface area contributed by atoms with Gasteiger partial charge in [-0.05, 0) is 6.92 Å². The minimum absolute atomic E-state index is 0.0766. The smallest absolute Gasteiger partial charge is 0.329 e. The summed E-state index contributed by atoms with van der Waals surface area (Å²) in [6.07, 6.45) is 1.25. The number of aliphatic hydroxyl groups is 1. The first kappa shape index (κ1) is 15.4. The van der Waals surface area contributed by atoms with Crippen LogP contribution in [0.4, 0.5) is 17.5 Å². The number of piperazine rings is 1. The molecule has 0 amide bonds. The van der Waals surface area contributed by atoms with Gasteiger partial charge in [-0.3, -0.25) is 15.0 Å². The standard InChI is InChI=1S/C12H20N6O3/c1-2-13-12-14-9-10(18(20)21)11(15-12)17-5-3-16(4-6-17)7-8-19/h9,19H,2-8H2,1H3,(H,13,14,15). The molecule has 2 N–H and O–H groups in total. The molecule has 116 valence electrons. The molecule has 0 radical (unpaired) electrons. The van der Waals surface area contributed by atoms with Crippen molar-refractivity contribution in [3.05, 3.63) is 16.3 Å². The summed E-state index contributed by atoms with van der Waals surface area (Å²) in [4.78, 5) is 22.9.